The number of imidazole rings is 1. The number of hydrogen-bond donors (Lipinski definition) is 1. The summed E-state index contributed by atoms with van der Waals surface area (Å²) in [5.74, 6) is 0.570. The van der Waals surface area contributed by atoms with Gasteiger partial charge < -0.3 is 10.2 Å². The van der Waals surface area contributed by atoms with Crippen molar-refractivity contribution in [2.24, 2.45) is 5.92 Å². The van der Waals surface area contributed by atoms with Crippen LogP contribution in [0.2, 0.25) is 0 Å². The molecule has 2 fully saturated rings. The summed E-state index contributed by atoms with van der Waals surface area (Å²) in [5.41, 5.74) is 1.09. The Kier molecular flexibility index (Phi) is 5.64. The van der Waals surface area contributed by atoms with Crippen LogP contribution in [0.5, 0.6) is 0 Å². The number of aromatic nitrogens is 2. The van der Waals surface area contributed by atoms with Crippen molar-refractivity contribution in [3.63, 3.8) is 0 Å². The highest BCUT2D eigenvalue weighted by Crippen LogP contribution is 2.22. The van der Waals surface area contributed by atoms with E-state index in [1.807, 2.05) is 29.3 Å². The van der Waals surface area contributed by atoms with Crippen LogP contribution in [0, 0.1) is 5.92 Å². The lowest BCUT2D eigenvalue weighted by molar-refractivity contribution is 0.0679. The number of piperidine rings is 1. The fraction of sp³-hybridized carbons (Fsp3) is 0.591. The molecular formula is C22H30N4O2. The Hall–Kier alpha value is -2.37. The van der Waals surface area contributed by atoms with Crippen molar-refractivity contribution in [3.8, 4) is 0 Å². The van der Waals surface area contributed by atoms with Crippen molar-refractivity contribution in [2.45, 2.75) is 64.3 Å². The van der Waals surface area contributed by atoms with E-state index in [1.165, 1.54) is 12.8 Å². The van der Waals surface area contributed by atoms with E-state index >= 15 is 0 Å². The largest absolute Gasteiger partial charge is 0.347 e. The predicted molar refractivity (Wildman–Crippen MR) is 108 cm³/mol. The number of hydrogen-bond acceptors (Lipinski definition) is 3. The molecule has 6 heteroatoms. The van der Waals surface area contributed by atoms with Gasteiger partial charge in [-0.3, -0.25) is 14.0 Å². The number of nitrogens with one attached hydrogen (secondary N) is 1. The van der Waals surface area contributed by atoms with Crippen LogP contribution in [0.3, 0.4) is 0 Å². The number of fused-ring (bicyclic) bond motifs is 1. The molecule has 3 heterocycles. The molecular weight excluding hydrogens is 352 g/mol. The van der Waals surface area contributed by atoms with E-state index in [9.17, 15) is 9.59 Å². The average Bonchev–Trinajstić information content (AvgIpc) is 2.90. The molecule has 1 N–H and O–H groups in total. The molecule has 6 nitrogen and oxygen atoms in total. The Morgan fingerprint density at radius 1 is 1.07 bits per heavy atom. The lowest BCUT2D eigenvalue weighted by atomic mass is 10.00. The number of nitrogens with zero attached hydrogens (tertiary/aromatic N) is 3. The van der Waals surface area contributed by atoms with Gasteiger partial charge in [0, 0.05) is 25.3 Å². The van der Waals surface area contributed by atoms with Crippen LogP contribution in [0.1, 0.15) is 79.4 Å². The minimum atomic E-state index is -0.181. The third-order valence-electron chi connectivity index (χ3n) is 6.09. The Morgan fingerprint density at radius 2 is 1.86 bits per heavy atom. The third-order valence-corrected chi connectivity index (χ3v) is 6.09. The maximum absolute atomic E-state index is 13.1. The number of carbonyl (C=O) groups excluding carboxylic acids is 2. The number of likely N-dealkylation sites (tertiary alicyclic amines) is 1. The summed E-state index contributed by atoms with van der Waals surface area (Å²) in [7, 11) is 0. The number of pyridine rings is 1. The van der Waals surface area contributed by atoms with Crippen LogP contribution in [-0.2, 0) is 0 Å². The van der Waals surface area contributed by atoms with Gasteiger partial charge in [-0.05, 0) is 43.7 Å². The van der Waals surface area contributed by atoms with Crippen molar-refractivity contribution in [1.82, 2.24) is 19.6 Å². The Bertz CT molecular complexity index is 851. The van der Waals surface area contributed by atoms with Gasteiger partial charge in [0.1, 0.15) is 0 Å². The van der Waals surface area contributed by atoms with Gasteiger partial charge in [0.2, 0.25) is 5.82 Å². The molecule has 28 heavy (non-hydrogen) atoms. The van der Waals surface area contributed by atoms with Crippen LogP contribution in [0.15, 0.2) is 24.4 Å². The third kappa shape index (κ3) is 3.91. The fourth-order valence-electron chi connectivity index (χ4n) is 4.55. The van der Waals surface area contributed by atoms with Crippen LogP contribution in [-0.4, -0.2) is 45.2 Å². The Morgan fingerprint density at radius 3 is 2.61 bits per heavy atom. The monoisotopic (exact) mass is 382 g/mol. The first-order valence-electron chi connectivity index (χ1n) is 10.7. The highest BCUT2D eigenvalue weighted by Gasteiger charge is 2.28. The number of amides is 2. The summed E-state index contributed by atoms with van der Waals surface area (Å²) < 4.78 is 1.76. The molecule has 4 rings (SSSR count). The standard InChI is InChI=1S/C22H30N4O2/c1-16-9-8-13-25(15-16)22(28)19-18-12-6-7-14-26(18)20(24-19)21(27)23-17-10-4-2-3-5-11-17/h6-7,12,14,16-17H,2-5,8-11,13,15H2,1H3,(H,23,27). The molecule has 1 atom stereocenters. The maximum atomic E-state index is 13.1. The first-order chi connectivity index (χ1) is 13.6. The van der Waals surface area contributed by atoms with E-state index in [1.54, 1.807) is 4.40 Å². The topological polar surface area (TPSA) is 66.7 Å². The lowest BCUT2D eigenvalue weighted by Crippen LogP contribution is -2.39. The number of rotatable bonds is 3. The zero-order chi connectivity index (χ0) is 19.5. The molecule has 0 spiro atoms. The van der Waals surface area contributed by atoms with Gasteiger partial charge in [-0.1, -0.05) is 38.7 Å². The smallest absolute Gasteiger partial charge is 0.287 e. The molecule has 1 aliphatic heterocycles. The lowest BCUT2D eigenvalue weighted by Gasteiger charge is -2.30. The van der Waals surface area contributed by atoms with Crippen LogP contribution >= 0.6 is 0 Å². The van der Waals surface area contributed by atoms with E-state index in [0.29, 0.717) is 23.0 Å². The van der Waals surface area contributed by atoms with Gasteiger partial charge >= 0.3 is 0 Å². The number of carbonyl (C=O) groups is 2. The van der Waals surface area contributed by atoms with Crippen LogP contribution in [0.25, 0.3) is 5.52 Å². The highest BCUT2D eigenvalue weighted by molar-refractivity contribution is 6.02. The van der Waals surface area contributed by atoms with Gasteiger partial charge in [0.15, 0.2) is 5.69 Å². The van der Waals surface area contributed by atoms with Gasteiger partial charge in [-0.25, -0.2) is 4.98 Å². The minimum Gasteiger partial charge on any atom is -0.347 e. The Labute approximate surface area is 166 Å². The SMILES string of the molecule is CC1CCCN(C(=O)c2nc(C(=O)NC3CCCCCC3)n3ccccc23)C1. The second-order valence-electron chi connectivity index (χ2n) is 8.40. The quantitative estimate of drug-likeness (QED) is 0.824. The van der Waals surface area contributed by atoms with E-state index in [0.717, 1.165) is 51.6 Å². The molecule has 0 bridgehead atoms. The van der Waals surface area contributed by atoms with Gasteiger partial charge in [-0.15, -0.1) is 0 Å². The van der Waals surface area contributed by atoms with E-state index in [4.69, 9.17) is 0 Å². The summed E-state index contributed by atoms with van der Waals surface area (Å²) >= 11 is 0. The molecule has 2 aliphatic rings. The van der Waals surface area contributed by atoms with Crippen molar-refractivity contribution in [3.05, 3.63) is 35.9 Å². The molecule has 150 valence electrons. The van der Waals surface area contributed by atoms with E-state index < -0.39 is 0 Å². The second kappa shape index (κ2) is 8.33. The summed E-state index contributed by atoms with van der Waals surface area (Å²) in [6.07, 6.45) is 10.8. The molecule has 2 aromatic heterocycles. The zero-order valence-electron chi connectivity index (χ0n) is 16.7. The summed E-state index contributed by atoms with van der Waals surface area (Å²) in [5, 5.41) is 3.16. The minimum absolute atomic E-state index is 0.0660. The molecule has 0 aromatic carbocycles. The molecule has 0 radical (unpaired) electrons. The average molecular weight is 383 g/mol. The molecule has 1 saturated carbocycles. The fourth-order valence-corrected chi connectivity index (χ4v) is 4.55. The molecule has 2 amide bonds. The van der Waals surface area contributed by atoms with Crippen molar-refractivity contribution >= 4 is 17.3 Å². The maximum Gasteiger partial charge on any atom is 0.287 e. The normalized spacial score (nSPS) is 21.5. The first kappa shape index (κ1) is 19.0. The molecule has 2 aromatic rings. The first-order valence-corrected chi connectivity index (χ1v) is 10.7. The van der Waals surface area contributed by atoms with Crippen LogP contribution in [0.4, 0.5) is 0 Å². The second-order valence-corrected chi connectivity index (χ2v) is 8.40. The molecule has 1 unspecified atom stereocenters. The van der Waals surface area contributed by atoms with Crippen molar-refractivity contribution in [1.29, 1.82) is 0 Å². The summed E-state index contributed by atoms with van der Waals surface area (Å²) in [6.45, 7) is 3.70. The summed E-state index contributed by atoms with van der Waals surface area (Å²) in [4.78, 5) is 32.6. The molecule has 1 aliphatic carbocycles. The highest BCUT2D eigenvalue weighted by atomic mass is 16.2. The summed E-state index contributed by atoms with van der Waals surface area (Å²) in [6, 6.07) is 5.83. The van der Waals surface area contributed by atoms with Crippen molar-refractivity contribution < 1.29 is 9.59 Å². The van der Waals surface area contributed by atoms with E-state index in [2.05, 4.69) is 17.2 Å². The van der Waals surface area contributed by atoms with Crippen LogP contribution < -0.4 is 5.32 Å². The predicted octanol–water partition coefficient (Wildman–Crippen LogP) is 3.66. The zero-order valence-corrected chi connectivity index (χ0v) is 16.7. The Balaban J connectivity index is 1.60. The molecule has 1 saturated heterocycles. The van der Waals surface area contributed by atoms with Crippen molar-refractivity contribution in [2.75, 3.05) is 13.1 Å². The van der Waals surface area contributed by atoms with Gasteiger partial charge in [0.25, 0.3) is 11.8 Å². The van der Waals surface area contributed by atoms with E-state index in [-0.39, 0.29) is 17.9 Å². The van der Waals surface area contributed by atoms with Gasteiger partial charge in [0.05, 0.1) is 5.52 Å². The van der Waals surface area contributed by atoms with Gasteiger partial charge in [-0.2, -0.15) is 0 Å².